The lowest BCUT2D eigenvalue weighted by molar-refractivity contribution is -0.119. The molecule has 0 radical (unpaired) electrons. The molecule has 0 heterocycles. The number of amides is 1. The van der Waals surface area contributed by atoms with Crippen molar-refractivity contribution in [1.82, 2.24) is 5.32 Å². The predicted molar refractivity (Wildman–Crippen MR) is 138 cm³/mol. The van der Waals surface area contributed by atoms with Crippen molar-refractivity contribution in [3.8, 4) is 28.7 Å². The fraction of sp³-hybridized carbons (Fsp3) is 0.269. The van der Waals surface area contributed by atoms with Crippen LogP contribution in [0.1, 0.15) is 5.56 Å². The largest absolute Gasteiger partial charge is 0.497 e. The lowest BCUT2D eigenvalue weighted by atomic mass is 10.1. The minimum atomic E-state index is -4.14. The number of para-hydroxylation sites is 2. The fourth-order valence-electron chi connectivity index (χ4n) is 3.63. The molecule has 0 aromatic heterocycles. The van der Waals surface area contributed by atoms with E-state index in [0.29, 0.717) is 34.3 Å². The van der Waals surface area contributed by atoms with Gasteiger partial charge >= 0.3 is 0 Å². The van der Waals surface area contributed by atoms with Gasteiger partial charge < -0.3 is 29.0 Å². The van der Waals surface area contributed by atoms with Crippen molar-refractivity contribution in [2.24, 2.45) is 0 Å². The highest BCUT2D eigenvalue weighted by Crippen LogP contribution is 2.38. The van der Waals surface area contributed by atoms with E-state index < -0.39 is 22.5 Å². The Morgan fingerprint density at radius 3 is 1.92 bits per heavy atom. The molecule has 0 atom stereocenters. The van der Waals surface area contributed by atoms with Crippen LogP contribution in [0.2, 0.25) is 0 Å². The Balaban J connectivity index is 1.90. The topological polar surface area (TPSA) is 113 Å². The van der Waals surface area contributed by atoms with Gasteiger partial charge in [0.2, 0.25) is 11.7 Å². The highest BCUT2D eigenvalue weighted by Gasteiger charge is 2.29. The molecule has 0 spiro atoms. The van der Waals surface area contributed by atoms with E-state index in [0.717, 1.165) is 4.31 Å². The summed E-state index contributed by atoms with van der Waals surface area (Å²) >= 11 is 0. The number of carbonyl (C=O) groups is 1. The third-order valence-electron chi connectivity index (χ3n) is 5.50. The van der Waals surface area contributed by atoms with Gasteiger partial charge in [-0.15, -0.1) is 0 Å². The Bertz CT molecular complexity index is 1300. The second-order valence-electron chi connectivity index (χ2n) is 7.67. The van der Waals surface area contributed by atoms with Crippen molar-refractivity contribution in [2.75, 3.05) is 46.4 Å². The van der Waals surface area contributed by atoms with Crippen molar-refractivity contribution in [1.29, 1.82) is 0 Å². The number of sulfonamides is 1. The van der Waals surface area contributed by atoms with Crippen LogP contribution in [0.15, 0.2) is 65.6 Å². The molecule has 10 nitrogen and oxygen atoms in total. The highest BCUT2D eigenvalue weighted by molar-refractivity contribution is 7.92. The number of hydrogen-bond donors (Lipinski definition) is 1. The van der Waals surface area contributed by atoms with E-state index in [-0.39, 0.29) is 17.1 Å². The summed E-state index contributed by atoms with van der Waals surface area (Å²) in [6.07, 6.45) is 0. The zero-order valence-electron chi connectivity index (χ0n) is 21.3. The summed E-state index contributed by atoms with van der Waals surface area (Å²) in [5.41, 5.74) is 0.897. The van der Waals surface area contributed by atoms with Gasteiger partial charge in [0.25, 0.3) is 10.0 Å². The molecule has 0 aliphatic heterocycles. The molecule has 0 saturated heterocycles. The van der Waals surface area contributed by atoms with Gasteiger partial charge in [0.15, 0.2) is 11.5 Å². The van der Waals surface area contributed by atoms with Crippen LogP contribution in [0.25, 0.3) is 0 Å². The summed E-state index contributed by atoms with van der Waals surface area (Å²) in [7, 11) is 3.27. The quantitative estimate of drug-likeness (QED) is 0.380. The van der Waals surface area contributed by atoms with E-state index in [2.05, 4.69) is 5.32 Å². The van der Waals surface area contributed by atoms with Gasteiger partial charge in [0.1, 0.15) is 18.0 Å². The summed E-state index contributed by atoms with van der Waals surface area (Å²) in [5.74, 6) is 1.57. The standard InChI is InChI=1S/C26H30N2O8S/c1-32-19-10-12-20(13-11-19)37(30,31)28(21-8-6-7-9-22(21)33-2)17-25(29)27-16-18-14-23(34-3)26(36-5)24(15-18)35-4/h6-15H,16-17H2,1-5H3,(H,27,29). The molecule has 3 aromatic rings. The molecule has 0 fully saturated rings. The minimum Gasteiger partial charge on any atom is -0.497 e. The first kappa shape index (κ1) is 27.5. The van der Waals surface area contributed by atoms with Gasteiger partial charge in [-0.05, 0) is 54.1 Å². The van der Waals surface area contributed by atoms with Crippen LogP contribution in [0, 0.1) is 0 Å². The van der Waals surface area contributed by atoms with Crippen molar-refractivity contribution >= 4 is 21.6 Å². The Labute approximate surface area is 216 Å². The second kappa shape index (κ2) is 12.2. The number of carbonyl (C=O) groups excluding carboxylic acids is 1. The Morgan fingerprint density at radius 2 is 1.38 bits per heavy atom. The maximum absolute atomic E-state index is 13.7. The highest BCUT2D eigenvalue weighted by atomic mass is 32.2. The van der Waals surface area contributed by atoms with Crippen molar-refractivity contribution in [3.05, 3.63) is 66.2 Å². The number of ether oxygens (including phenoxy) is 5. The number of methoxy groups -OCH3 is 5. The van der Waals surface area contributed by atoms with Crippen molar-refractivity contribution < 1.29 is 36.9 Å². The van der Waals surface area contributed by atoms with E-state index in [4.69, 9.17) is 23.7 Å². The molecule has 1 N–H and O–H groups in total. The molecule has 11 heteroatoms. The van der Waals surface area contributed by atoms with Gasteiger partial charge in [-0.3, -0.25) is 9.10 Å². The fourth-order valence-corrected chi connectivity index (χ4v) is 5.07. The van der Waals surface area contributed by atoms with Gasteiger partial charge in [-0.25, -0.2) is 8.42 Å². The average molecular weight is 531 g/mol. The van der Waals surface area contributed by atoms with Gasteiger partial charge in [-0.2, -0.15) is 0 Å². The first-order valence-corrected chi connectivity index (χ1v) is 12.6. The molecule has 0 aliphatic carbocycles. The lowest BCUT2D eigenvalue weighted by Crippen LogP contribution is -2.40. The number of nitrogens with one attached hydrogen (secondary N) is 1. The molecular weight excluding hydrogens is 500 g/mol. The van der Waals surface area contributed by atoms with E-state index in [9.17, 15) is 13.2 Å². The number of benzene rings is 3. The molecule has 37 heavy (non-hydrogen) atoms. The number of anilines is 1. The van der Waals surface area contributed by atoms with Crippen LogP contribution in [-0.2, 0) is 21.4 Å². The van der Waals surface area contributed by atoms with Crippen LogP contribution in [0.4, 0.5) is 5.69 Å². The van der Waals surface area contributed by atoms with E-state index in [1.54, 1.807) is 36.4 Å². The molecule has 1 amide bonds. The second-order valence-corrected chi connectivity index (χ2v) is 9.53. The van der Waals surface area contributed by atoms with Crippen LogP contribution in [-0.4, -0.2) is 56.4 Å². The number of rotatable bonds is 12. The smallest absolute Gasteiger partial charge is 0.264 e. The molecule has 198 valence electrons. The Hall–Kier alpha value is -4.12. The molecule has 0 bridgehead atoms. The maximum atomic E-state index is 13.7. The molecule has 0 aliphatic rings. The molecule has 0 saturated carbocycles. The summed E-state index contributed by atoms with van der Waals surface area (Å²) in [6, 6.07) is 15.9. The normalized spacial score (nSPS) is 10.8. The van der Waals surface area contributed by atoms with E-state index >= 15 is 0 Å². The third-order valence-corrected chi connectivity index (χ3v) is 7.28. The van der Waals surface area contributed by atoms with Crippen LogP contribution in [0.5, 0.6) is 28.7 Å². The Kier molecular flexibility index (Phi) is 9.07. The van der Waals surface area contributed by atoms with Gasteiger partial charge in [0, 0.05) is 6.54 Å². The zero-order valence-corrected chi connectivity index (χ0v) is 22.1. The molecular formula is C26H30N2O8S. The monoisotopic (exact) mass is 530 g/mol. The first-order valence-electron chi connectivity index (χ1n) is 11.1. The van der Waals surface area contributed by atoms with E-state index in [1.807, 2.05) is 0 Å². The summed E-state index contributed by atoms with van der Waals surface area (Å²) < 4.78 is 54.9. The van der Waals surface area contributed by atoms with Gasteiger partial charge in [-0.1, -0.05) is 12.1 Å². The number of hydrogen-bond acceptors (Lipinski definition) is 8. The summed E-state index contributed by atoms with van der Waals surface area (Å²) in [4.78, 5) is 13.0. The zero-order chi connectivity index (χ0) is 27.0. The van der Waals surface area contributed by atoms with Gasteiger partial charge in [0.05, 0.1) is 46.1 Å². The SMILES string of the molecule is COc1ccc(S(=O)(=O)N(CC(=O)NCc2cc(OC)c(OC)c(OC)c2)c2ccccc2OC)cc1. The first-order chi connectivity index (χ1) is 17.8. The maximum Gasteiger partial charge on any atom is 0.264 e. The predicted octanol–water partition coefficient (Wildman–Crippen LogP) is 3.24. The van der Waals surface area contributed by atoms with Crippen LogP contribution in [0.3, 0.4) is 0 Å². The summed E-state index contributed by atoms with van der Waals surface area (Å²) in [5, 5.41) is 2.76. The number of nitrogens with zero attached hydrogens (tertiary/aromatic N) is 1. The summed E-state index contributed by atoms with van der Waals surface area (Å²) in [6.45, 7) is -0.392. The molecule has 0 unspecified atom stereocenters. The van der Waals surface area contributed by atoms with E-state index in [1.165, 1.54) is 59.8 Å². The van der Waals surface area contributed by atoms with Crippen LogP contribution >= 0.6 is 0 Å². The Morgan fingerprint density at radius 1 is 0.784 bits per heavy atom. The molecule has 3 rings (SSSR count). The average Bonchev–Trinajstić information content (AvgIpc) is 2.93. The lowest BCUT2D eigenvalue weighted by Gasteiger charge is -2.25. The van der Waals surface area contributed by atoms with Crippen LogP contribution < -0.4 is 33.3 Å². The van der Waals surface area contributed by atoms with Crippen molar-refractivity contribution in [2.45, 2.75) is 11.4 Å². The third kappa shape index (κ3) is 6.18. The molecule has 3 aromatic carbocycles. The van der Waals surface area contributed by atoms with Crippen molar-refractivity contribution in [3.63, 3.8) is 0 Å². The minimum absolute atomic E-state index is 0.00312.